The predicted molar refractivity (Wildman–Crippen MR) is 110 cm³/mol. The topological polar surface area (TPSA) is 83.7 Å². The lowest BCUT2D eigenvalue weighted by atomic mass is 9.95. The van der Waals surface area contributed by atoms with E-state index < -0.39 is 0 Å². The Morgan fingerprint density at radius 3 is 2.36 bits per heavy atom. The van der Waals surface area contributed by atoms with E-state index in [0.29, 0.717) is 33.4 Å². The number of methoxy groups -OCH3 is 3. The number of pyridine rings is 1. The van der Waals surface area contributed by atoms with Gasteiger partial charge in [-0.1, -0.05) is 0 Å². The van der Waals surface area contributed by atoms with Crippen LogP contribution in [0.15, 0.2) is 18.2 Å². The van der Waals surface area contributed by atoms with Crippen molar-refractivity contribution in [2.45, 2.75) is 25.7 Å². The molecule has 6 nitrogen and oxygen atoms in total. The summed E-state index contributed by atoms with van der Waals surface area (Å²) in [6, 6.07) is 5.40. The van der Waals surface area contributed by atoms with Crippen molar-refractivity contribution in [2.75, 3.05) is 27.1 Å². The molecule has 4 rings (SSSR count). The third-order valence-electron chi connectivity index (χ3n) is 5.13. The number of thiophene rings is 1. The predicted octanol–water partition coefficient (Wildman–Crippen LogP) is 4.01. The molecule has 0 bridgehead atoms. The Labute approximate surface area is 167 Å². The van der Waals surface area contributed by atoms with Crippen molar-refractivity contribution in [3.8, 4) is 17.2 Å². The Morgan fingerprint density at radius 2 is 1.71 bits per heavy atom. The lowest BCUT2D eigenvalue weighted by Gasteiger charge is -2.14. The number of fused-ring (bicyclic) bond motifs is 2. The largest absolute Gasteiger partial charge is 0.493 e. The highest BCUT2D eigenvalue weighted by Gasteiger charge is 2.24. The first-order chi connectivity index (χ1) is 13.6. The number of rotatable bonds is 5. The summed E-state index contributed by atoms with van der Waals surface area (Å²) in [6.45, 7) is 0. The van der Waals surface area contributed by atoms with E-state index in [0.717, 1.165) is 35.2 Å². The Balaban J connectivity index is 1.82. The number of ether oxygens (including phenoxy) is 3. The van der Waals surface area contributed by atoms with Gasteiger partial charge in [0.1, 0.15) is 9.71 Å². The molecule has 7 heteroatoms. The summed E-state index contributed by atoms with van der Waals surface area (Å²) >= 11 is 1.34. The van der Waals surface area contributed by atoms with Gasteiger partial charge < -0.3 is 19.9 Å². The molecule has 2 aromatic heterocycles. The van der Waals surface area contributed by atoms with Crippen LogP contribution in [-0.4, -0.2) is 32.1 Å². The van der Waals surface area contributed by atoms with E-state index in [9.17, 15) is 4.79 Å². The molecule has 0 unspecified atom stereocenters. The zero-order valence-electron chi connectivity index (χ0n) is 16.1. The van der Waals surface area contributed by atoms with E-state index in [4.69, 9.17) is 24.9 Å². The lowest BCUT2D eigenvalue weighted by Crippen LogP contribution is -2.05. The van der Waals surface area contributed by atoms with Gasteiger partial charge in [0.2, 0.25) is 11.5 Å². The number of ketones is 1. The molecule has 0 saturated carbocycles. The van der Waals surface area contributed by atoms with Gasteiger partial charge in [0.05, 0.1) is 27.0 Å². The fourth-order valence-corrected chi connectivity index (χ4v) is 4.73. The highest BCUT2D eigenvalue weighted by atomic mass is 32.1. The molecule has 0 fully saturated rings. The standard InChI is InChI=1S/C21H22N2O4S/c1-25-15-9-12(10-16(26-2)19(15)27-3)18(24)20-17(22)13-8-11-6-4-5-7-14(11)23-21(13)28-20/h8-10H,4-7,22H2,1-3H3. The van der Waals surface area contributed by atoms with Crippen molar-refractivity contribution in [3.05, 3.63) is 39.9 Å². The molecule has 0 radical (unpaired) electrons. The van der Waals surface area contributed by atoms with Gasteiger partial charge in [-0.25, -0.2) is 4.98 Å². The van der Waals surface area contributed by atoms with Gasteiger partial charge in [-0.05, 0) is 49.4 Å². The minimum absolute atomic E-state index is 0.183. The van der Waals surface area contributed by atoms with Crippen LogP contribution in [0, 0.1) is 0 Å². The molecule has 2 N–H and O–H groups in total. The molecular weight excluding hydrogens is 376 g/mol. The summed E-state index contributed by atoms with van der Waals surface area (Å²) < 4.78 is 16.1. The molecule has 0 spiro atoms. The third-order valence-corrected chi connectivity index (χ3v) is 6.25. The Morgan fingerprint density at radius 1 is 1.04 bits per heavy atom. The number of anilines is 1. The minimum atomic E-state index is -0.183. The second kappa shape index (κ2) is 7.31. The average Bonchev–Trinajstić information content (AvgIpc) is 3.05. The first-order valence-corrected chi connectivity index (χ1v) is 9.94. The maximum atomic E-state index is 13.2. The zero-order chi connectivity index (χ0) is 19.8. The van der Waals surface area contributed by atoms with E-state index in [-0.39, 0.29) is 5.78 Å². The molecule has 0 aliphatic heterocycles. The van der Waals surface area contributed by atoms with Crippen LogP contribution >= 0.6 is 11.3 Å². The molecule has 28 heavy (non-hydrogen) atoms. The number of aryl methyl sites for hydroxylation is 2. The number of hydrogen-bond donors (Lipinski definition) is 1. The fraction of sp³-hybridized carbons (Fsp3) is 0.333. The number of hydrogen-bond acceptors (Lipinski definition) is 7. The van der Waals surface area contributed by atoms with E-state index in [1.165, 1.54) is 44.7 Å². The number of nitrogens with zero attached hydrogens (tertiary/aromatic N) is 1. The second-order valence-electron chi connectivity index (χ2n) is 6.74. The fourth-order valence-electron chi connectivity index (χ4n) is 3.67. The van der Waals surface area contributed by atoms with Gasteiger partial charge in [-0.15, -0.1) is 11.3 Å². The van der Waals surface area contributed by atoms with Crippen molar-refractivity contribution in [3.63, 3.8) is 0 Å². The summed E-state index contributed by atoms with van der Waals surface area (Å²) in [5, 5.41) is 0.862. The maximum Gasteiger partial charge on any atom is 0.205 e. The van der Waals surface area contributed by atoms with Gasteiger partial charge in [-0.3, -0.25) is 4.79 Å². The summed E-state index contributed by atoms with van der Waals surface area (Å²) in [7, 11) is 4.57. The molecule has 0 amide bonds. The monoisotopic (exact) mass is 398 g/mol. The van der Waals surface area contributed by atoms with Crippen LogP contribution in [0.3, 0.4) is 0 Å². The Kier molecular flexibility index (Phi) is 4.85. The van der Waals surface area contributed by atoms with E-state index in [1.807, 2.05) is 0 Å². The molecule has 146 valence electrons. The molecule has 0 atom stereocenters. The smallest absolute Gasteiger partial charge is 0.205 e. The number of aromatic nitrogens is 1. The molecule has 3 aromatic rings. The van der Waals surface area contributed by atoms with Crippen LogP contribution in [0.25, 0.3) is 10.2 Å². The van der Waals surface area contributed by atoms with Crippen molar-refractivity contribution in [1.29, 1.82) is 0 Å². The van der Waals surface area contributed by atoms with Crippen LogP contribution in [0.1, 0.15) is 39.3 Å². The van der Waals surface area contributed by atoms with E-state index in [1.54, 1.807) is 12.1 Å². The lowest BCUT2D eigenvalue weighted by molar-refractivity contribution is 0.104. The average molecular weight is 398 g/mol. The minimum Gasteiger partial charge on any atom is -0.493 e. The quantitative estimate of drug-likeness (QED) is 0.654. The van der Waals surface area contributed by atoms with Crippen molar-refractivity contribution >= 4 is 33.0 Å². The van der Waals surface area contributed by atoms with Gasteiger partial charge >= 0.3 is 0 Å². The Bertz CT molecular complexity index is 1050. The highest BCUT2D eigenvalue weighted by molar-refractivity contribution is 7.21. The van der Waals surface area contributed by atoms with Crippen molar-refractivity contribution in [1.82, 2.24) is 4.98 Å². The number of nitrogen functional groups attached to an aromatic ring is 1. The van der Waals surface area contributed by atoms with Crippen LogP contribution in [0.5, 0.6) is 17.2 Å². The van der Waals surface area contributed by atoms with E-state index >= 15 is 0 Å². The maximum absolute atomic E-state index is 13.2. The summed E-state index contributed by atoms with van der Waals surface area (Å²) in [4.78, 5) is 19.3. The molecule has 1 aliphatic carbocycles. The van der Waals surface area contributed by atoms with Crippen LogP contribution in [0.2, 0.25) is 0 Å². The SMILES string of the molecule is COc1cc(C(=O)c2sc3nc4c(cc3c2N)CCCC4)cc(OC)c1OC. The van der Waals surface area contributed by atoms with Crippen LogP contribution in [-0.2, 0) is 12.8 Å². The van der Waals surface area contributed by atoms with Gasteiger partial charge in [0.15, 0.2) is 11.5 Å². The molecule has 0 saturated heterocycles. The highest BCUT2D eigenvalue weighted by Crippen LogP contribution is 2.41. The normalized spacial score (nSPS) is 13.2. The number of benzene rings is 1. The molecule has 1 aromatic carbocycles. The second-order valence-corrected chi connectivity index (χ2v) is 7.74. The number of nitrogens with two attached hydrogens (primary N) is 1. The third kappa shape index (κ3) is 2.96. The summed E-state index contributed by atoms with van der Waals surface area (Å²) in [6.07, 6.45) is 4.33. The van der Waals surface area contributed by atoms with Gasteiger partial charge in [-0.2, -0.15) is 0 Å². The first kappa shape index (κ1) is 18.6. The van der Waals surface area contributed by atoms with Gasteiger partial charge in [0.25, 0.3) is 0 Å². The number of carbonyl (C=O) groups is 1. The summed E-state index contributed by atoms with van der Waals surface area (Å²) in [5.41, 5.74) is 9.66. The summed E-state index contributed by atoms with van der Waals surface area (Å²) in [5.74, 6) is 1.12. The van der Waals surface area contributed by atoms with Crippen molar-refractivity contribution in [2.24, 2.45) is 0 Å². The zero-order valence-corrected chi connectivity index (χ0v) is 16.9. The first-order valence-electron chi connectivity index (χ1n) is 9.12. The van der Waals surface area contributed by atoms with Gasteiger partial charge in [0, 0.05) is 16.6 Å². The van der Waals surface area contributed by atoms with Crippen molar-refractivity contribution < 1.29 is 19.0 Å². The molecule has 1 aliphatic rings. The number of carbonyl (C=O) groups excluding carboxylic acids is 1. The van der Waals surface area contributed by atoms with Crippen LogP contribution < -0.4 is 19.9 Å². The Hall–Kier alpha value is -2.80. The van der Waals surface area contributed by atoms with Crippen LogP contribution in [0.4, 0.5) is 5.69 Å². The molecule has 2 heterocycles. The van der Waals surface area contributed by atoms with E-state index in [2.05, 4.69) is 6.07 Å². The molecular formula is C21H22N2O4S.